The van der Waals surface area contributed by atoms with Crippen LogP contribution in [0.15, 0.2) is 18.2 Å². The summed E-state index contributed by atoms with van der Waals surface area (Å²) in [7, 11) is 4.16. The molecular formula is C14H22Cl2N2. The summed E-state index contributed by atoms with van der Waals surface area (Å²) in [6, 6.07) is 6.60. The van der Waals surface area contributed by atoms with E-state index in [0.29, 0.717) is 22.1 Å². The van der Waals surface area contributed by atoms with Crippen molar-refractivity contribution < 1.29 is 0 Å². The minimum atomic E-state index is 0.315. The molecule has 1 aromatic carbocycles. The summed E-state index contributed by atoms with van der Waals surface area (Å²) in [6.07, 6.45) is 1.02. The fourth-order valence-corrected chi connectivity index (χ4v) is 2.43. The van der Waals surface area contributed by atoms with E-state index in [2.05, 4.69) is 38.2 Å². The van der Waals surface area contributed by atoms with Gasteiger partial charge in [-0.2, -0.15) is 0 Å². The van der Waals surface area contributed by atoms with Gasteiger partial charge in [-0.05, 0) is 45.1 Å². The monoisotopic (exact) mass is 288 g/mol. The van der Waals surface area contributed by atoms with E-state index in [-0.39, 0.29) is 0 Å². The lowest BCUT2D eigenvalue weighted by molar-refractivity contribution is 0.326. The van der Waals surface area contributed by atoms with E-state index < -0.39 is 0 Å². The molecule has 0 heterocycles. The highest BCUT2D eigenvalue weighted by atomic mass is 35.5. The summed E-state index contributed by atoms with van der Waals surface area (Å²) in [5.41, 5.74) is 1.19. The predicted molar refractivity (Wildman–Crippen MR) is 80.6 cm³/mol. The first-order chi connectivity index (χ1) is 8.43. The van der Waals surface area contributed by atoms with Gasteiger partial charge in [-0.15, -0.1) is 0 Å². The van der Waals surface area contributed by atoms with Gasteiger partial charge in [0.15, 0.2) is 0 Å². The Bertz CT molecular complexity index is 380. The maximum absolute atomic E-state index is 6.07. The van der Waals surface area contributed by atoms with Crippen molar-refractivity contribution in [2.24, 2.45) is 0 Å². The molecule has 102 valence electrons. The zero-order chi connectivity index (χ0) is 13.7. The van der Waals surface area contributed by atoms with Crippen molar-refractivity contribution in [3.05, 3.63) is 33.8 Å². The lowest BCUT2D eigenvalue weighted by atomic mass is 10.0. The highest BCUT2D eigenvalue weighted by Gasteiger charge is 2.14. The van der Waals surface area contributed by atoms with Crippen LogP contribution in [-0.2, 0) is 0 Å². The van der Waals surface area contributed by atoms with Gasteiger partial charge in [0.2, 0.25) is 0 Å². The second kappa shape index (κ2) is 7.34. The number of nitrogens with one attached hydrogen (secondary N) is 1. The average molecular weight is 289 g/mol. The van der Waals surface area contributed by atoms with Crippen LogP contribution in [-0.4, -0.2) is 31.6 Å². The normalized spacial score (nSPS) is 14.8. The Kier molecular flexibility index (Phi) is 6.44. The predicted octanol–water partition coefficient (Wildman–Crippen LogP) is 3.98. The summed E-state index contributed by atoms with van der Waals surface area (Å²) in [6.45, 7) is 5.38. The van der Waals surface area contributed by atoms with Crippen LogP contribution >= 0.6 is 23.2 Å². The van der Waals surface area contributed by atoms with Gasteiger partial charge in [-0.1, -0.05) is 36.2 Å². The fourth-order valence-electron chi connectivity index (χ4n) is 2.12. The van der Waals surface area contributed by atoms with Crippen LogP contribution in [0.5, 0.6) is 0 Å². The third-order valence-corrected chi connectivity index (χ3v) is 3.62. The number of benzene rings is 1. The van der Waals surface area contributed by atoms with Crippen LogP contribution in [0.2, 0.25) is 10.0 Å². The summed E-state index contributed by atoms with van der Waals surface area (Å²) in [5.74, 6) is 0. The van der Waals surface area contributed by atoms with Gasteiger partial charge in [-0.3, -0.25) is 0 Å². The van der Waals surface area contributed by atoms with Crippen molar-refractivity contribution in [1.29, 1.82) is 0 Å². The number of likely N-dealkylation sites (N-methyl/N-ethyl adjacent to an activating group) is 1. The fraction of sp³-hybridized carbons (Fsp3) is 0.571. The average Bonchev–Trinajstić information content (AvgIpc) is 2.29. The maximum Gasteiger partial charge on any atom is 0.0595 e. The highest BCUT2D eigenvalue weighted by molar-refractivity contribution is 6.42. The molecular weight excluding hydrogens is 267 g/mol. The molecule has 0 aromatic heterocycles. The molecule has 0 aliphatic rings. The molecule has 1 N–H and O–H groups in total. The number of rotatable bonds is 6. The Morgan fingerprint density at radius 1 is 1.22 bits per heavy atom. The minimum Gasteiger partial charge on any atom is -0.308 e. The van der Waals surface area contributed by atoms with Crippen molar-refractivity contribution in [3.63, 3.8) is 0 Å². The lowest BCUT2D eigenvalue weighted by Crippen LogP contribution is -2.37. The topological polar surface area (TPSA) is 15.3 Å². The van der Waals surface area contributed by atoms with Crippen LogP contribution in [0.4, 0.5) is 0 Å². The number of hydrogen-bond acceptors (Lipinski definition) is 2. The summed E-state index contributed by atoms with van der Waals surface area (Å²) in [5, 5.41) is 4.85. The van der Waals surface area contributed by atoms with Crippen LogP contribution in [0.25, 0.3) is 0 Å². The molecule has 2 atom stereocenters. The third-order valence-electron chi connectivity index (χ3n) is 2.88. The van der Waals surface area contributed by atoms with E-state index in [0.717, 1.165) is 13.0 Å². The minimum absolute atomic E-state index is 0.315. The molecule has 0 amide bonds. The molecule has 2 nitrogen and oxygen atoms in total. The zero-order valence-electron chi connectivity index (χ0n) is 11.5. The largest absolute Gasteiger partial charge is 0.308 e. The number of nitrogens with zero attached hydrogens (tertiary/aromatic N) is 1. The molecule has 0 radical (unpaired) electrons. The molecule has 0 aliphatic carbocycles. The van der Waals surface area contributed by atoms with Crippen LogP contribution in [0.3, 0.4) is 0 Å². The molecule has 0 bridgehead atoms. The van der Waals surface area contributed by atoms with Crippen molar-refractivity contribution in [2.45, 2.75) is 32.4 Å². The molecule has 1 aromatic rings. The molecule has 0 saturated heterocycles. The number of hydrogen-bond donors (Lipinski definition) is 1. The quantitative estimate of drug-likeness (QED) is 0.852. The molecule has 2 unspecified atom stereocenters. The molecule has 1 rings (SSSR count). The summed E-state index contributed by atoms with van der Waals surface area (Å²) in [4.78, 5) is 2.18. The van der Waals surface area contributed by atoms with Crippen LogP contribution in [0, 0.1) is 0 Å². The molecule has 0 spiro atoms. The van der Waals surface area contributed by atoms with Gasteiger partial charge in [-0.25, -0.2) is 0 Å². The Morgan fingerprint density at radius 2 is 1.89 bits per heavy atom. The van der Waals surface area contributed by atoms with Crippen molar-refractivity contribution in [2.75, 3.05) is 20.6 Å². The van der Waals surface area contributed by atoms with Crippen LogP contribution in [0.1, 0.15) is 31.9 Å². The van der Waals surface area contributed by atoms with Gasteiger partial charge in [0, 0.05) is 18.6 Å². The van der Waals surface area contributed by atoms with Gasteiger partial charge >= 0.3 is 0 Å². The zero-order valence-corrected chi connectivity index (χ0v) is 13.0. The lowest BCUT2D eigenvalue weighted by Gasteiger charge is -2.25. The Morgan fingerprint density at radius 3 is 2.39 bits per heavy atom. The van der Waals surface area contributed by atoms with E-state index in [1.165, 1.54) is 5.56 Å². The second-order valence-corrected chi connectivity index (χ2v) is 5.78. The van der Waals surface area contributed by atoms with E-state index in [1.807, 2.05) is 18.2 Å². The van der Waals surface area contributed by atoms with Crippen LogP contribution < -0.4 is 5.32 Å². The van der Waals surface area contributed by atoms with Gasteiger partial charge in [0.05, 0.1) is 10.0 Å². The Hall–Kier alpha value is -0.280. The maximum atomic E-state index is 6.07. The Labute approximate surface area is 120 Å². The van der Waals surface area contributed by atoms with Gasteiger partial charge < -0.3 is 10.2 Å². The molecule has 4 heteroatoms. The first kappa shape index (κ1) is 15.8. The standard InChI is InChI=1S/C14H22Cl2N2/c1-5-14(17-10(2)9-18(3)4)11-6-7-12(15)13(16)8-11/h6-8,10,14,17H,5,9H2,1-4H3. The summed E-state index contributed by atoms with van der Waals surface area (Å²) < 4.78 is 0. The molecule has 0 aliphatic heterocycles. The molecule has 18 heavy (non-hydrogen) atoms. The SMILES string of the molecule is CCC(NC(C)CN(C)C)c1ccc(Cl)c(Cl)c1. The summed E-state index contributed by atoms with van der Waals surface area (Å²) >= 11 is 12.0. The Balaban J connectivity index is 2.73. The first-order valence-electron chi connectivity index (χ1n) is 6.29. The van der Waals surface area contributed by atoms with Crippen molar-refractivity contribution in [1.82, 2.24) is 10.2 Å². The van der Waals surface area contributed by atoms with E-state index >= 15 is 0 Å². The number of halogens is 2. The van der Waals surface area contributed by atoms with Crippen molar-refractivity contribution in [3.8, 4) is 0 Å². The molecule has 0 saturated carbocycles. The van der Waals surface area contributed by atoms with Gasteiger partial charge in [0.1, 0.15) is 0 Å². The van der Waals surface area contributed by atoms with E-state index in [9.17, 15) is 0 Å². The smallest absolute Gasteiger partial charge is 0.0595 e. The second-order valence-electron chi connectivity index (χ2n) is 4.96. The third kappa shape index (κ3) is 4.77. The molecule has 0 fully saturated rings. The van der Waals surface area contributed by atoms with E-state index in [1.54, 1.807) is 0 Å². The van der Waals surface area contributed by atoms with E-state index in [4.69, 9.17) is 23.2 Å². The van der Waals surface area contributed by atoms with Gasteiger partial charge in [0.25, 0.3) is 0 Å². The highest BCUT2D eigenvalue weighted by Crippen LogP contribution is 2.27. The first-order valence-corrected chi connectivity index (χ1v) is 7.05. The van der Waals surface area contributed by atoms with Crippen molar-refractivity contribution >= 4 is 23.2 Å².